The third-order valence-electron chi connectivity index (χ3n) is 12.8. The highest BCUT2D eigenvalue weighted by molar-refractivity contribution is 6.06. The lowest BCUT2D eigenvalue weighted by molar-refractivity contribution is 0.769. The van der Waals surface area contributed by atoms with E-state index in [4.69, 9.17) is 9.97 Å². The van der Waals surface area contributed by atoms with Gasteiger partial charge in [0.15, 0.2) is 5.82 Å². The molecule has 1 aliphatic rings. The average molecular weight is 775 g/mol. The lowest BCUT2D eigenvalue weighted by atomic mass is 9.67. The maximum Gasteiger partial charge on any atom is 0.161 e. The first-order valence-corrected chi connectivity index (χ1v) is 21.0. The van der Waals surface area contributed by atoms with Crippen molar-refractivity contribution in [2.75, 3.05) is 0 Å². The van der Waals surface area contributed by atoms with Crippen LogP contribution in [-0.4, -0.2) is 9.97 Å². The number of hydrogen-bond donors (Lipinski definition) is 0. The van der Waals surface area contributed by atoms with Crippen molar-refractivity contribution < 1.29 is 0 Å². The topological polar surface area (TPSA) is 25.8 Å². The van der Waals surface area contributed by atoms with Gasteiger partial charge in [-0.05, 0) is 101 Å². The molecule has 2 nitrogen and oxygen atoms in total. The minimum Gasteiger partial charge on any atom is -0.228 e. The van der Waals surface area contributed by atoms with E-state index in [0.29, 0.717) is 5.82 Å². The molecular formula is C59H38N2. The molecule has 0 N–H and O–H groups in total. The van der Waals surface area contributed by atoms with E-state index in [2.05, 4.69) is 224 Å². The molecule has 12 rings (SSSR count). The number of benzene rings is 10. The highest BCUT2D eigenvalue weighted by Gasteiger charge is 2.46. The van der Waals surface area contributed by atoms with Gasteiger partial charge in [-0.15, -0.1) is 0 Å². The third kappa shape index (κ3) is 5.57. The van der Waals surface area contributed by atoms with Gasteiger partial charge in [-0.2, -0.15) is 0 Å². The van der Waals surface area contributed by atoms with Crippen LogP contribution in [0.5, 0.6) is 0 Å². The molecule has 11 aromatic rings. The van der Waals surface area contributed by atoms with Crippen molar-refractivity contribution in [3.8, 4) is 56.2 Å². The summed E-state index contributed by atoms with van der Waals surface area (Å²) < 4.78 is 0. The Morgan fingerprint density at radius 1 is 0.279 bits per heavy atom. The zero-order valence-corrected chi connectivity index (χ0v) is 33.3. The first-order valence-electron chi connectivity index (χ1n) is 21.0. The van der Waals surface area contributed by atoms with E-state index >= 15 is 0 Å². The summed E-state index contributed by atoms with van der Waals surface area (Å²) in [6.07, 6.45) is 0. The number of fused-ring (bicyclic) bond motifs is 6. The molecule has 0 unspecified atom stereocenters. The van der Waals surface area contributed by atoms with Crippen molar-refractivity contribution in [3.05, 3.63) is 253 Å². The summed E-state index contributed by atoms with van der Waals surface area (Å²) in [5, 5.41) is 7.12. The van der Waals surface area contributed by atoms with E-state index in [0.717, 1.165) is 38.9 Å². The van der Waals surface area contributed by atoms with Gasteiger partial charge in [0.2, 0.25) is 0 Å². The van der Waals surface area contributed by atoms with Crippen LogP contribution in [-0.2, 0) is 5.41 Å². The van der Waals surface area contributed by atoms with Gasteiger partial charge in [0.05, 0.1) is 16.8 Å². The molecular weight excluding hydrogens is 737 g/mol. The molecule has 0 fully saturated rings. The van der Waals surface area contributed by atoms with Crippen molar-refractivity contribution in [1.82, 2.24) is 9.97 Å². The Labute approximate surface area is 355 Å². The Morgan fingerprint density at radius 3 is 1.54 bits per heavy atom. The van der Waals surface area contributed by atoms with Crippen molar-refractivity contribution >= 4 is 32.3 Å². The highest BCUT2D eigenvalue weighted by atomic mass is 14.9. The van der Waals surface area contributed by atoms with Gasteiger partial charge in [-0.25, -0.2) is 9.97 Å². The highest BCUT2D eigenvalue weighted by Crippen LogP contribution is 2.57. The minimum atomic E-state index is -0.479. The molecule has 10 aromatic carbocycles. The Hall–Kier alpha value is -7.94. The second kappa shape index (κ2) is 14.1. The van der Waals surface area contributed by atoms with Crippen LogP contribution in [0.1, 0.15) is 22.3 Å². The van der Waals surface area contributed by atoms with Gasteiger partial charge in [0, 0.05) is 16.7 Å². The van der Waals surface area contributed by atoms with Crippen LogP contribution in [0.4, 0.5) is 0 Å². The Bertz CT molecular complexity index is 3420. The largest absolute Gasteiger partial charge is 0.228 e. The summed E-state index contributed by atoms with van der Waals surface area (Å²) in [7, 11) is 0. The lowest BCUT2D eigenvalue weighted by Gasteiger charge is -2.34. The molecule has 0 saturated carbocycles. The monoisotopic (exact) mass is 774 g/mol. The fourth-order valence-electron chi connectivity index (χ4n) is 10.0. The quantitative estimate of drug-likeness (QED) is 0.168. The summed E-state index contributed by atoms with van der Waals surface area (Å²) in [6.45, 7) is 0. The Kier molecular flexibility index (Phi) is 8.11. The third-order valence-corrected chi connectivity index (χ3v) is 12.8. The average Bonchev–Trinajstić information content (AvgIpc) is 3.62. The van der Waals surface area contributed by atoms with E-state index in [1.807, 2.05) is 6.07 Å². The molecule has 0 bridgehead atoms. The van der Waals surface area contributed by atoms with Crippen molar-refractivity contribution in [1.29, 1.82) is 0 Å². The zero-order chi connectivity index (χ0) is 40.3. The second-order valence-corrected chi connectivity index (χ2v) is 16.0. The summed E-state index contributed by atoms with van der Waals surface area (Å²) in [5.41, 5.74) is 14.5. The number of aromatic nitrogens is 2. The van der Waals surface area contributed by atoms with Gasteiger partial charge in [-0.3, -0.25) is 0 Å². The standard InChI is InChI=1S/C59H38N2/c1-4-18-40(19-5-1)56-38-57(61-58(60-56)51-30-16-22-39-17-12-13-27-46(39)51)50-33-32-47(48-28-14-15-29-49(48)50)43-31-34-54-52(36-43)53-35-41-20-10-11-21-42(41)37-55(53)59(54,44-23-6-2-7-24-44)45-25-8-3-9-26-45/h1-38H. The summed E-state index contributed by atoms with van der Waals surface area (Å²) >= 11 is 0. The Balaban J connectivity index is 1.07. The Morgan fingerprint density at radius 2 is 0.820 bits per heavy atom. The predicted octanol–water partition coefficient (Wildman–Crippen LogP) is 15.0. The molecule has 284 valence electrons. The van der Waals surface area contributed by atoms with Crippen LogP contribution in [0.3, 0.4) is 0 Å². The zero-order valence-electron chi connectivity index (χ0n) is 33.3. The van der Waals surface area contributed by atoms with Gasteiger partial charge in [0.25, 0.3) is 0 Å². The minimum absolute atomic E-state index is 0.479. The van der Waals surface area contributed by atoms with E-state index in [9.17, 15) is 0 Å². The van der Waals surface area contributed by atoms with Gasteiger partial charge >= 0.3 is 0 Å². The first-order chi connectivity index (χ1) is 30.2. The van der Waals surface area contributed by atoms with Crippen molar-refractivity contribution in [2.45, 2.75) is 5.41 Å². The molecule has 0 saturated heterocycles. The number of hydrogen-bond acceptors (Lipinski definition) is 2. The molecule has 1 aromatic heterocycles. The van der Waals surface area contributed by atoms with Crippen molar-refractivity contribution in [3.63, 3.8) is 0 Å². The van der Waals surface area contributed by atoms with E-state index < -0.39 is 5.41 Å². The van der Waals surface area contributed by atoms with Crippen LogP contribution in [0, 0.1) is 0 Å². The van der Waals surface area contributed by atoms with E-state index in [1.165, 1.54) is 66.1 Å². The van der Waals surface area contributed by atoms with Gasteiger partial charge < -0.3 is 0 Å². The fraction of sp³-hybridized carbons (Fsp3) is 0.0169. The van der Waals surface area contributed by atoms with Gasteiger partial charge in [-0.1, -0.05) is 206 Å². The molecule has 2 heteroatoms. The molecule has 61 heavy (non-hydrogen) atoms. The van der Waals surface area contributed by atoms with Gasteiger partial charge in [0.1, 0.15) is 0 Å². The van der Waals surface area contributed by atoms with Crippen molar-refractivity contribution in [2.24, 2.45) is 0 Å². The molecule has 0 aliphatic heterocycles. The maximum absolute atomic E-state index is 5.36. The van der Waals surface area contributed by atoms with Crippen LogP contribution in [0.25, 0.3) is 88.5 Å². The molecule has 1 aliphatic carbocycles. The molecule has 0 spiro atoms. The normalized spacial score (nSPS) is 12.7. The number of rotatable bonds is 6. The lowest BCUT2D eigenvalue weighted by Crippen LogP contribution is -2.28. The maximum atomic E-state index is 5.36. The number of nitrogens with zero attached hydrogens (tertiary/aromatic N) is 2. The first kappa shape index (κ1) is 35.0. The summed E-state index contributed by atoms with van der Waals surface area (Å²) in [4.78, 5) is 10.6. The molecule has 0 amide bonds. The fourth-order valence-corrected chi connectivity index (χ4v) is 10.0. The summed E-state index contributed by atoms with van der Waals surface area (Å²) in [5.74, 6) is 0.714. The van der Waals surface area contributed by atoms with E-state index in [-0.39, 0.29) is 0 Å². The molecule has 0 radical (unpaired) electrons. The predicted molar refractivity (Wildman–Crippen MR) is 254 cm³/mol. The van der Waals surface area contributed by atoms with Crippen LogP contribution >= 0.6 is 0 Å². The molecule has 1 heterocycles. The molecule has 0 atom stereocenters. The van der Waals surface area contributed by atoms with E-state index in [1.54, 1.807) is 0 Å². The SMILES string of the molecule is c1ccc(-c2cc(-c3ccc(-c4ccc5c(c4)-c4cc6ccccc6cc4C5(c4ccccc4)c4ccccc4)c4ccccc34)nc(-c3cccc4ccccc34)n2)cc1. The summed E-state index contributed by atoms with van der Waals surface area (Å²) in [6, 6.07) is 83.7. The smallest absolute Gasteiger partial charge is 0.161 e. The van der Waals surface area contributed by atoms with Crippen LogP contribution in [0.15, 0.2) is 231 Å². The second-order valence-electron chi connectivity index (χ2n) is 16.0. The van der Waals surface area contributed by atoms with Crippen LogP contribution in [0.2, 0.25) is 0 Å². The van der Waals surface area contributed by atoms with Crippen LogP contribution < -0.4 is 0 Å².